The van der Waals surface area contributed by atoms with E-state index in [0.29, 0.717) is 0 Å². The normalized spacial score (nSPS) is 13.0. The van der Waals surface area contributed by atoms with E-state index in [1.54, 1.807) is 19.4 Å². The molecule has 0 aliphatic heterocycles. The number of amides is 2. The van der Waals surface area contributed by atoms with Crippen molar-refractivity contribution in [1.82, 2.24) is 20.4 Å². The van der Waals surface area contributed by atoms with Crippen LogP contribution in [-0.2, 0) is 20.9 Å². The Morgan fingerprint density at radius 1 is 1.12 bits per heavy atom. The van der Waals surface area contributed by atoms with Gasteiger partial charge in [-0.25, -0.2) is 4.79 Å². The van der Waals surface area contributed by atoms with E-state index in [4.69, 9.17) is 9.84 Å². The van der Waals surface area contributed by atoms with Crippen molar-refractivity contribution in [3.8, 4) is 11.1 Å². The first-order valence-electron chi connectivity index (χ1n) is 11.0. The van der Waals surface area contributed by atoms with Gasteiger partial charge in [0.05, 0.1) is 6.20 Å². The highest BCUT2D eigenvalue weighted by Crippen LogP contribution is 2.44. The van der Waals surface area contributed by atoms with Crippen LogP contribution in [0.4, 0.5) is 4.79 Å². The number of hydrogen-bond donors (Lipinski definition) is 3. The number of aliphatic carboxylic acids is 1. The van der Waals surface area contributed by atoms with Crippen LogP contribution >= 0.6 is 0 Å². The zero-order valence-corrected chi connectivity index (χ0v) is 18.7. The maximum Gasteiger partial charge on any atom is 0.407 e. The van der Waals surface area contributed by atoms with E-state index in [0.717, 1.165) is 27.8 Å². The predicted molar refractivity (Wildman–Crippen MR) is 124 cm³/mol. The summed E-state index contributed by atoms with van der Waals surface area (Å²) in [4.78, 5) is 38.1. The lowest BCUT2D eigenvalue weighted by atomic mass is 9.98. The first kappa shape index (κ1) is 23.0. The number of carbonyl (C=O) groups is 3. The molecule has 4 rings (SSSR count). The van der Waals surface area contributed by atoms with Crippen LogP contribution < -0.4 is 5.32 Å². The lowest BCUT2D eigenvalue weighted by Gasteiger charge is -2.24. The van der Waals surface area contributed by atoms with Crippen molar-refractivity contribution in [2.75, 3.05) is 13.7 Å². The number of likely N-dealkylation sites (N-methyl/N-ethyl adjacent to an activating group) is 1. The van der Waals surface area contributed by atoms with Gasteiger partial charge < -0.3 is 20.1 Å². The number of carboxylic acids is 1. The van der Waals surface area contributed by atoms with Crippen LogP contribution in [0.5, 0.6) is 0 Å². The Labute approximate surface area is 196 Å². The molecule has 0 fully saturated rings. The number of alkyl carbamates (subject to hydrolysis) is 1. The topological polar surface area (TPSA) is 125 Å². The van der Waals surface area contributed by atoms with Gasteiger partial charge in [0.15, 0.2) is 0 Å². The lowest BCUT2D eigenvalue weighted by Crippen LogP contribution is -2.47. The van der Waals surface area contributed by atoms with Crippen LogP contribution in [0.2, 0.25) is 0 Å². The summed E-state index contributed by atoms with van der Waals surface area (Å²) >= 11 is 0. The highest BCUT2D eigenvalue weighted by atomic mass is 16.5. The Morgan fingerprint density at radius 2 is 1.76 bits per heavy atom. The largest absolute Gasteiger partial charge is 0.481 e. The third-order valence-electron chi connectivity index (χ3n) is 5.93. The minimum Gasteiger partial charge on any atom is -0.481 e. The van der Waals surface area contributed by atoms with E-state index in [1.165, 1.54) is 4.90 Å². The molecule has 0 saturated carbocycles. The maximum atomic E-state index is 12.9. The Bertz CT molecular complexity index is 1130. The summed E-state index contributed by atoms with van der Waals surface area (Å²) in [6, 6.07) is 15.0. The number of carboxylic acid groups (broad SMARTS) is 1. The van der Waals surface area contributed by atoms with Crippen molar-refractivity contribution in [1.29, 1.82) is 0 Å². The molecule has 9 heteroatoms. The smallest absolute Gasteiger partial charge is 0.407 e. The van der Waals surface area contributed by atoms with Crippen molar-refractivity contribution in [3.05, 3.63) is 77.6 Å². The van der Waals surface area contributed by atoms with E-state index >= 15 is 0 Å². The number of aromatic nitrogens is 2. The van der Waals surface area contributed by atoms with Crippen LogP contribution in [0, 0.1) is 0 Å². The van der Waals surface area contributed by atoms with Crippen LogP contribution in [-0.4, -0.2) is 57.9 Å². The van der Waals surface area contributed by atoms with Gasteiger partial charge in [0.1, 0.15) is 12.6 Å². The van der Waals surface area contributed by atoms with E-state index in [9.17, 15) is 14.4 Å². The molecule has 2 aromatic carbocycles. The number of rotatable bonds is 9. The lowest BCUT2D eigenvalue weighted by molar-refractivity contribution is -0.138. The zero-order valence-electron chi connectivity index (χ0n) is 18.7. The van der Waals surface area contributed by atoms with E-state index in [2.05, 4.69) is 15.5 Å². The average Bonchev–Trinajstić information content (AvgIpc) is 3.46. The van der Waals surface area contributed by atoms with Gasteiger partial charge in [-0.2, -0.15) is 5.10 Å². The van der Waals surface area contributed by atoms with E-state index in [-0.39, 0.29) is 31.9 Å². The number of ether oxygens (including phenoxy) is 1. The number of H-pyrrole nitrogens is 1. The molecule has 1 aliphatic carbocycles. The standard InChI is InChI=1S/C25H26N4O5/c1-29(14-16-12-26-27-13-16)24(32)22(10-11-23(30)31)28-25(33)34-15-21-19-8-4-2-6-17(19)18-7-3-5-9-20(18)21/h2-9,12-13,21-22H,10-11,14-15H2,1H3,(H,26,27)(H,28,33)(H,30,31). The fourth-order valence-electron chi connectivity index (χ4n) is 4.29. The van der Waals surface area contributed by atoms with Gasteiger partial charge in [0.25, 0.3) is 0 Å². The van der Waals surface area contributed by atoms with Gasteiger partial charge in [0.2, 0.25) is 5.91 Å². The SMILES string of the molecule is CN(Cc1cn[nH]c1)C(=O)C(CCC(=O)O)NC(=O)OCC1c2ccccc2-c2ccccc21. The number of hydrogen-bond acceptors (Lipinski definition) is 5. The fraction of sp³-hybridized carbons (Fsp3) is 0.280. The molecule has 2 amide bonds. The molecule has 0 spiro atoms. The zero-order chi connectivity index (χ0) is 24.1. The highest BCUT2D eigenvalue weighted by molar-refractivity contribution is 5.86. The molecule has 3 aromatic rings. The van der Waals surface area contributed by atoms with Gasteiger partial charge in [-0.3, -0.25) is 14.7 Å². The molecular weight excluding hydrogens is 436 g/mol. The number of nitrogens with one attached hydrogen (secondary N) is 2. The minimum atomic E-state index is -1.05. The molecule has 1 aromatic heterocycles. The van der Waals surface area contributed by atoms with Crippen molar-refractivity contribution in [3.63, 3.8) is 0 Å². The molecule has 1 unspecified atom stereocenters. The van der Waals surface area contributed by atoms with Gasteiger partial charge in [0, 0.05) is 37.7 Å². The summed E-state index contributed by atoms with van der Waals surface area (Å²) < 4.78 is 5.53. The van der Waals surface area contributed by atoms with Gasteiger partial charge in [-0.15, -0.1) is 0 Å². The molecule has 3 N–H and O–H groups in total. The second-order valence-corrected chi connectivity index (χ2v) is 8.26. The maximum absolute atomic E-state index is 12.9. The van der Waals surface area contributed by atoms with Gasteiger partial charge in [-0.05, 0) is 28.7 Å². The van der Waals surface area contributed by atoms with Crippen molar-refractivity contribution in [2.24, 2.45) is 0 Å². The summed E-state index contributed by atoms with van der Waals surface area (Å²) in [5.41, 5.74) is 5.17. The number of benzene rings is 2. The van der Waals surface area contributed by atoms with Crippen LogP contribution in [0.3, 0.4) is 0 Å². The third kappa shape index (κ3) is 5.09. The molecule has 0 bridgehead atoms. The van der Waals surface area contributed by atoms with Crippen molar-refractivity contribution in [2.45, 2.75) is 31.3 Å². The second-order valence-electron chi connectivity index (χ2n) is 8.26. The predicted octanol–water partition coefficient (Wildman–Crippen LogP) is 3.14. The number of carbonyl (C=O) groups excluding carboxylic acids is 2. The van der Waals surface area contributed by atoms with Gasteiger partial charge >= 0.3 is 12.1 Å². The molecule has 0 saturated heterocycles. The number of fused-ring (bicyclic) bond motifs is 3. The van der Waals surface area contributed by atoms with E-state index in [1.807, 2.05) is 48.5 Å². The minimum absolute atomic E-state index is 0.0475. The highest BCUT2D eigenvalue weighted by Gasteiger charge is 2.30. The van der Waals surface area contributed by atoms with E-state index < -0.39 is 24.0 Å². The summed E-state index contributed by atoms with van der Waals surface area (Å²) in [7, 11) is 1.59. The molecule has 0 radical (unpaired) electrons. The van der Waals surface area contributed by atoms with Crippen LogP contribution in [0.15, 0.2) is 60.9 Å². The summed E-state index contributed by atoms with van der Waals surface area (Å²) in [5, 5.41) is 18.2. The summed E-state index contributed by atoms with van der Waals surface area (Å²) in [6.45, 7) is 0.371. The summed E-state index contributed by atoms with van der Waals surface area (Å²) in [5.74, 6) is -1.57. The van der Waals surface area contributed by atoms with Crippen LogP contribution in [0.1, 0.15) is 35.4 Å². The summed E-state index contributed by atoms with van der Waals surface area (Å²) in [6.07, 6.45) is 2.18. The second kappa shape index (κ2) is 10.2. The molecule has 176 valence electrons. The van der Waals surface area contributed by atoms with Gasteiger partial charge in [-0.1, -0.05) is 48.5 Å². The Hall–Kier alpha value is -4.14. The van der Waals surface area contributed by atoms with Crippen molar-refractivity contribution < 1.29 is 24.2 Å². The Balaban J connectivity index is 1.41. The monoisotopic (exact) mass is 462 g/mol. The molecule has 1 atom stereocenters. The quantitative estimate of drug-likeness (QED) is 0.449. The molecule has 9 nitrogen and oxygen atoms in total. The first-order chi connectivity index (χ1) is 16.4. The average molecular weight is 463 g/mol. The molecule has 34 heavy (non-hydrogen) atoms. The Morgan fingerprint density at radius 3 is 2.35 bits per heavy atom. The molecule has 1 aliphatic rings. The number of aromatic amines is 1. The third-order valence-corrected chi connectivity index (χ3v) is 5.93. The number of nitrogens with zero attached hydrogens (tertiary/aromatic N) is 2. The molecular formula is C25H26N4O5. The first-order valence-corrected chi connectivity index (χ1v) is 11.0. The fourth-order valence-corrected chi connectivity index (χ4v) is 4.29. The van der Waals surface area contributed by atoms with Crippen molar-refractivity contribution >= 4 is 18.0 Å². The Kier molecular flexibility index (Phi) is 6.91. The van der Waals surface area contributed by atoms with Crippen LogP contribution in [0.25, 0.3) is 11.1 Å². The molecule has 1 heterocycles.